The first-order valence-electron chi connectivity index (χ1n) is 9.51. The van der Waals surface area contributed by atoms with Crippen molar-refractivity contribution in [3.8, 4) is 0 Å². The minimum atomic E-state index is -1.53. The first-order valence-corrected chi connectivity index (χ1v) is 10.3. The van der Waals surface area contributed by atoms with Gasteiger partial charge in [0.25, 0.3) is 5.91 Å². The summed E-state index contributed by atoms with van der Waals surface area (Å²) in [5.41, 5.74) is 0.446. The molecule has 1 spiro atoms. The lowest BCUT2D eigenvalue weighted by Crippen LogP contribution is -2.74. The Labute approximate surface area is 182 Å². The Morgan fingerprint density at radius 1 is 1.07 bits per heavy atom. The Kier molecular flexibility index (Phi) is 4.50. The van der Waals surface area contributed by atoms with Crippen LogP contribution in [0.2, 0.25) is 10.0 Å². The number of carbonyl (C=O) groups excluding carboxylic acids is 3. The highest BCUT2D eigenvalue weighted by atomic mass is 35.5. The molecule has 154 valence electrons. The molecule has 1 N–H and O–H groups in total. The summed E-state index contributed by atoms with van der Waals surface area (Å²) in [6, 6.07) is 10.8. The van der Waals surface area contributed by atoms with E-state index in [0.717, 1.165) is 16.2 Å². The number of ether oxygens (including phenoxy) is 1. The second kappa shape index (κ2) is 6.97. The summed E-state index contributed by atoms with van der Waals surface area (Å²) in [7, 11) is 0. The number of carbonyl (C=O) groups is 3. The predicted octanol–water partition coefficient (Wildman–Crippen LogP) is 3.02. The first kappa shape index (κ1) is 19.4. The molecule has 30 heavy (non-hydrogen) atoms. The van der Waals surface area contributed by atoms with Gasteiger partial charge in [-0.25, -0.2) is 9.69 Å². The maximum Gasteiger partial charge on any atom is 0.335 e. The van der Waals surface area contributed by atoms with Crippen LogP contribution in [0.4, 0.5) is 16.2 Å². The van der Waals surface area contributed by atoms with Crippen molar-refractivity contribution in [3.63, 3.8) is 0 Å². The number of nitrogens with zero attached hydrogens (tertiary/aromatic N) is 2. The van der Waals surface area contributed by atoms with E-state index in [1.807, 2.05) is 29.2 Å². The summed E-state index contributed by atoms with van der Waals surface area (Å²) in [5.74, 6) is -1.25. The molecule has 0 aromatic heterocycles. The number of rotatable bonds is 1. The smallest absolute Gasteiger partial charge is 0.335 e. The third-order valence-electron chi connectivity index (χ3n) is 6.03. The Morgan fingerprint density at radius 3 is 2.70 bits per heavy atom. The van der Waals surface area contributed by atoms with Gasteiger partial charge in [-0.05, 0) is 36.2 Å². The van der Waals surface area contributed by atoms with E-state index in [2.05, 4.69) is 5.32 Å². The van der Waals surface area contributed by atoms with E-state index >= 15 is 0 Å². The predicted molar refractivity (Wildman–Crippen MR) is 112 cm³/mol. The second-order valence-electron chi connectivity index (χ2n) is 7.56. The quantitative estimate of drug-likeness (QED) is 0.682. The molecule has 4 amide bonds. The summed E-state index contributed by atoms with van der Waals surface area (Å²) in [4.78, 5) is 42.9. The van der Waals surface area contributed by atoms with Crippen LogP contribution in [-0.2, 0) is 20.7 Å². The van der Waals surface area contributed by atoms with Crippen molar-refractivity contribution in [1.82, 2.24) is 5.32 Å². The van der Waals surface area contributed by atoms with Gasteiger partial charge in [0.15, 0.2) is 5.41 Å². The largest absolute Gasteiger partial charge is 0.377 e. The number of nitrogens with one attached hydrogen (secondary N) is 1. The fraction of sp³-hybridized carbons (Fsp3) is 0.286. The zero-order chi connectivity index (χ0) is 21.0. The number of para-hydroxylation sites is 1. The molecule has 5 rings (SSSR count). The average molecular weight is 446 g/mol. The number of morpholine rings is 1. The van der Waals surface area contributed by atoms with Crippen LogP contribution in [0, 0.1) is 5.41 Å². The van der Waals surface area contributed by atoms with Crippen LogP contribution in [-0.4, -0.2) is 43.6 Å². The van der Waals surface area contributed by atoms with Crippen LogP contribution < -0.4 is 15.1 Å². The summed E-state index contributed by atoms with van der Waals surface area (Å²) in [5, 5.41) is 2.87. The van der Waals surface area contributed by atoms with Gasteiger partial charge in [-0.15, -0.1) is 0 Å². The summed E-state index contributed by atoms with van der Waals surface area (Å²) >= 11 is 12.4. The Balaban J connectivity index is 1.68. The minimum absolute atomic E-state index is 0.140. The van der Waals surface area contributed by atoms with E-state index in [4.69, 9.17) is 27.9 Å². The molecule has 0 saturated carbocycles. The van der Waals surface area contributed by atoms with E-state index in [1.165, 1.54) is 12.1 Å². The monoisotopic (exact) mass is 445 g/mol. The van der Waals surface area contributed by atoms with E-state index in [0.29, 0.717) is 18.2 Å². The molecule has 3 aliphatic rings. The zero-order valence-electron chi connectivity index (χ0n) is 15.7. The molecule has 0 aliphatic carbocycles. The molecule has 7 nitrogen and oxygen atoms in total. The standard InChI is InChI=1S/C21H17Cl2N3O4/c22-13-5-6-14(23)16(9-13)26-19(28)21(18(27)24-20(26)29)10-12-3-1-2-4-15(12)25-7-8-30-11-17(21)25/h1-6,9,17H,7-8,10-11H2,(H,24,27,29)/t17-,21-/m1/s1. The van der Waals surface area contributed by atoms with Crippen LogP contribution in [0.1, 0.15) is 5.56 Å². The molecule has 0 bridgehead atoms. The van der Waals surface area contributed by atoms with Gasteiger partial charge in [-0.2, -0.15) is 0 Å². The molecule has 2 aromatic carbocycles. The number of anilines is 2. The number of fused-ring (bicyclic) bond motifs is 4. The van der Waals surface area contributed by atoms with Crippen molar-refractivity contribution in [1.29, 1.82) is 0 Å². The van der Waals surface area contributed by atoms with Crippen LogP contribution >= 0.6 is 23.2 Å². The number of hydrogen-bond acceptors (Lipinski definition) is 5. The highest BCUT2D eigenvalue weighted by Crippen LogP contribution is 2.46. The van der Waals surface area contributed by atoms with E-state index < -0.39 is 29.3 Å². The van der Waals surface area contributed by atoms with Crippen LogP contribution in [0.3, 0.4) is 0 Å². The van der Waals surface area contributed by atoms with E-state index in [-0.39, 0.29) is 23.7 Å². The molecule has 0 unspecified atom stereocenters. The summed E-state index contributed by atoms with van der Waals surface area (Å²) in [6.45, 7) is 1.22. The molecular weight excluding hydrogens is 429 g/mol. The molecule has 0 radical (unpaired) electrons. The lowest BCUT2D eigenvalue weighted by atomic mass is 9.68. The number of barbiturate groups is 1. The summed E-state index contributed by atoms with van der Waals surface area (Å²) in [6.07, 6.45) is 0.153. The van der Waals surface area contributed by atoms with Gasteiger partial charge in [0.1, 0.15) is 0 Å². The number of hydrogen-bond donors (Lipinski definition) is 1. The number of urea groups is 1. The van der Waals surface area contributed by atoms with Crippen molar-refractivity contribution in [2.24, 2.45) is 5.41 Å². The lowest BCUT2D eigenvalue weighted by molar-refractivity contribution is -0.146. The third-order valence-corrected chi connectivity index (χ3v) is 6.58. The number of amides is 4. The first-order chi connectivity index (χ1) is 14.4. The van der Waals surface area contributed by atoms with Crippen molar-refractivity contribution < 1.29 is 19.1 Å². The molecule has 2 saturated heterocycles. The molecular formula is C21H17Cl2N3O4. The Hall–Kier alpha value is -2.61. The number of imide groups is 2. The van der Waals surface area contributed by atoms with Gasteiger partial charge in [0.05, 0.1) is 30.0 Å². The highest BCUT2D eigenvalue weighted by molar-refractivity contribution is 6.39. The molecule has 2 aromatic rings. The van der Waals surface area contributed by atoms with Crippen molar-refractivity contribution >= 4 is 52.4 Å². The van der Waals surface area contributed by atoms with Crippen molar-refractivity contribution in [2.75, 3.05) is 29.6 Å². The van der Waals surface area contributed by atoms with Gasteiger partial charge in [-0.3, -0.25) is 14.9 Å². The SMILES string of the molecule is O=C1NC(=O)[C@]2(Cc3ccccc3N3CCOC[C@@H]32)C(=O)N1c1cc(Cl)ccc1Cl. The topological polar surface area (TPSA) is 79.0 Å². The molecule has 3 heterocycles. The normalized spacial score (nSPS) is 25.8. The lowest BCUT2D eigenvalue weighted by Gasteiger charge is -2.53. The highest BCUT2D eigenvalue weighted by Gasteiger charge is 2.63. The molecule has 3 aliphatic heterocycles. The third kappa shape index (κ3) is 2.66. The maximum atomic E-state index is 13.9. The van der Waals surface area contributed by atoms with Gasteiger partial charge >= 0.3 is 6.03 Å². The van der Waals surface area contributed by atoms with Crippen LogP contribution in [0.15, 0.2) is 42.5 Å². The fourth-order valence-corrected chi connectivity index (χ4v) is 5.01. The molecule has 2 fully saturated rings. The van der Waals surface area contributed by atoms with Crippen LogP contribution in [0.5, 0.6) is 0 Å². The second-order valence-corrected chi connectivity index (χ2v) is 8.40. The van der Waals surface area contributed by atoms with Gasteiger partial charge in [0.2, 0.25) is 5.91 Å². The Bertz CT molecular complexity index is 1090. The Morgan fingerprint density at radius 2 is 1.87 bits per heavy atom. The number of halogens is 2. The van der Waals surface area contributed by atoms with Crippen LogP contribution in [0.25, 0.3) is 0 Å². The fourth-order valence-electron chi connectivity index (χ4n) is 4.64. The molecule has 9 heteroatoms. The van der Waals surface area contributed by atoms with Gasteiger partial charge in [-0.1, -0.05) is 41.4 Å². The number of benzene rings is 2. The van der Waals surface area contributed by atoms with E-state index in [9.17, 15) is 14.4 Å². The van der Waals surface area contributed by atoms with Gasteiger partial charge in [0, 0.05) is 17.3 Å². The average Bonchev–Trinajstić information content (AvgIpc) is 2.74. The molecule has 2 atom stereocenters. The zero-order valence-corrected chi connectivity index (χ0v) is 17.2. The van der Waals surface area contributed by atoms with E-state index in [1.54, 1.807) is 6.07 Å². The summed E-state index contributed by atoms with van der Waals surface area (Å²) < 4.78 is 5.66. The maximum absolute atomic E-state index is 13.9. The van der Waals surface area contributed by atoms with Crippen molar-refractivity contribution in [3.05, 3.63) is 58.1 Å². The van der Waals surface area contributed by atoms with Gasteiger partial charge < -0.3 is 9.64 Å². The minimum Gasteiger partial charge on any atom is -0.377 e. The van der Waals surface area contributed by atoms with Crippen molar-refractivity contribution in [2.45, 2.75) is 12.5 Å².